The van der Waals surface area contributed by atoms with Crippen LogP contribution in [-0.2, 0) is 6.42 Å². The average Bonchev–Trinajstić information content (AvgIpc) is 2.88. The third-order valence-electron chi connectivity index (χ3n) is 3.03. The van der Waals surface area contributed by atoms with Crippen molar-refractivity contribution in [1.29, 1.82) is 0 Å². The van der Waals surface area contributed by atoms with Gasteiger partial charge in [0.2, 0.25) is 5.89 Å². The van der Waals surface area contributed by atoms with Crippen LogP contribution < -0.4 is 5.73 Å². The number of nitrogens with zero attached hydrogens (tertiary/aromatic N) is 2. The number of rotatable bonds is 6. The molecule has 0 bridgehead atoms. The number of hydrogen-bond acceptors (Lipinski definition) is 4. The van der Waals surface area contributed by atoms with Crippen LogP contribution >= 0.6 is 0 Å². The molecule has 0 aliphatic rings. The molecule has 108 valence electrons. The van der Waals surface area contributed by atoms with Gasteiger partial charge in [0, 0.05) is 12.5 Å². The highest BCUT2D eigenvalue weighted by atomic mass is 19.1. The fourth-order valence-electron chi connectivity index (χ4n) is 1.87. The zero-order valence-electron chi connectivity index (χ0n) is 11.3. The summed E-state index contributed by atoms with van der Waals surface area (Å²) in [4.78, 5) is 4.16. The normalized spacial score (nSPS) is 12.6. The molecule has 1 heterocycles. The summed E-state index contributed by atoms with van der Waals surface area (Å²) in [5, 5.41) is 3.78. The highest BCUT2D eigenvalue weighted by Crippen LogP contribution is 2.17. The van der Waals surface area contributed by atoms with Gasteiger partial charge in [-0.1, -0.05) is 31.0 Å². The standard InChI is InChI=1S/C14H17F2N3O/c1-2-3-4-12(17)14-18-13(19-20-14)7-9-5-6-10(15)8-11(9)16/h5-6,8,12H,2-4,7,17H2,1H3. The van der Waals surface area contributed by atoms with Gasteiger partial charge >= 0.3 is 0 Å². The summed E-state index contributed by atoms with van der Waals surface area (Å²) >= 11 is 0. The van der Waals surface area contributed by atoms with Crippen molar-refractivity contribution in [3.63, 3.8) is 0 Å². The van der Waals surface area contributed by atoms with Crippen molar-refractivity contribution in [2.45, 2.75) is 38.6 Å². The van der Waals surface area contributed by atoms with Gasteiger partial charge in [0.25, 0.3) is 0 Å². The van der Waals surface area contributed by atoms with Crippen LogP contribution in [0.4, 0.5) is 8.78 Å². The Kier molecular flexibility index (Phi) is 4.79. The lowest BCUT2D eigenvalue weighted by atomic mass is 10.1. The molecule has 0 radical (unpaired) electrons. The van der Waals surface area contributed by atoms with Crippen molar-refractivity contribution in [3.05, 3.63) is 47.1 Å². The second kappa shape index (κ2) is 6.56. The molecule has 4 nitrogen and oxygen atoms in total. The van der Waals surface area contributed by atoms with E-state index in [9.17, 15) is 8.78 Å². The summed E-state index contributed by atoms with van der Waals surface area (Å²) in [6.07, 6.45) is 2.93. The summed E-state index contributed by atoms with van der Waals surface area (Å²) in [6.45, 7) is 2.07. The average molecular weight is 281 g/mol. The molecular weight excluding hydrogens is 264 g/mol. The molecule has 2 N–H and O–H groups in total. The third-order valence-corrected chi connectivity index (χ3v) is 3.03. The molecule has 0 spiro atoms. The molecule has 6 heteroatoms. The highest BCUT2D eigenvalue weighted by Gasteiger charge is 2.15. The van der Waals surface area contributed by atoms with Gasteiger partial charge in [0.1, 0.15) is 11.6 Å². The Balaban J connectivity index is 2.05. The number of benzene rings is 1. The zero-order chi connectivity index (χ0) is 14.5. The van der Waals surface area contributed by atoms with Crippen LogP contribution in [0.15, 0.2) is 22.7 Å². The predicted molar refractivity (Wildman–Crippen MR) is 69.9 cm³/mol. The first-order valence-electron chi connectivity index (χ1n) is 6.62. The van der Waals surface area contributed by atoms with E-state index in [1.807, 2.05) is 0 Å². The van der Waals surface area contributed by atoms with Gasteiger partial charge in [-0.05, 0) is 18.1 Å². The van der Waals surface area contributed by atoms with Crippen LogP contribution in [0.25, 0.3) is 0 Å². The molecule has 1 atom stereocenters. The van der Waals surface area contributed by atoms with Crippen LogP contribution in [0.2, 0.25) is 0 Å². The van der Waals surface area contributed by atoms with E-state index in [-0.39, 0.29) is 12.5 Å². The molecule has 0 aliphatic heterocycles. The number of hydrogen-bond donors (Lipinski definition) is 1. The van der Waals surface area contributed by atoms with Crippen molar-refractivity contribution in [3.8, 4) is 0 Å². The van der Waals surface area contributed by atoms with Gasteiger partial charge in [0.05, 0.1) is 6.04 Å². The SMILES string of the molecule is CCCCC(N)c1nc(Cc2ccc(F)cc2F)no1. The number of unbranched alkanes of at least 4 members (excludes halogenated alkanes) is 1. The van der Waals surface area contributed by atoms with Crippen LogP contribution in [0.5, 0.6) is 0 Å². The molecule has 2 rings (SSSR count). The molecule has 1 aromatic heterocycles. The van der Waals surface area contributed by atoms with E-state index in [1.165, 1.54) is 12.1 Å². The number of halogens is 2. The maximum Gasteiger partial charge on any atom is 0.243 e. The van der Waals surface area contributed by atoms with Crippen molar-refractivity contribution < 1.29 is 13.3 Å². The third kappa shape index (κ3) is 3.60. The Morgan fingerprint density at radius 1 is 1.35 bits per heavy atom. The topological polar surface area (TPSA) is 64.9 Å². The first-order chi connectivity index (χ1) is 9.60. The first-order valence-corrected chi connectivity index (χ1v) is 6.62. The minimum absolute atomic E-state index is 0.149. The second-order valence-electron chi connectivity index (χ2n) is 4.71. The van der Waals surface area contributed by atoms with Crippen LogP contribution in [0, 0.1) is 11.6 Å². The monoisotopic (exact) mass is 281 g/mol. The van der Waals surface area contributed by atoms with Gasteiger partial charge < -0.3 is 10.3 Å². The minimum atomic E-state index is -0.619. The van der Waals surface area contributed by atoms with Crippen LogP contribution in [-0.4, -0.2) is 10.1 Å². The van der Waals surface area contributed by atoms with Gasteiger partial charge in [-0.25, -0.2) is 8.78 Å². The van der Waals surface area contributed by atoms with Crippen molar-refractivity contribution in [2.75, 3.05) is 0 Å². The fraction of sp³-hybridized carbons (Fsp3) is 0.429. The molecular formula is C14H17F2N3O. The summed E-state index contributed by atoms with van der Waals surface area (Å²) in [6, 6.07) is 3.11. The van der Waals surface area contributed by atoms with Crippen LogP contribution in [0.1, 0.15) is 49.5 Å². The molecule has 0 aliphatic carbocycles. The predicted octanol–water partition coefficient (Wildman–Crippen LogP) is 3.13. The Hall–Kier alpha value is -1.82. The molecule has 2 aromatic rings. The van der Waals surface area contributed by atoms with E-state index in [2.05, 4.69) is 17.1 Å². The minimum Gasteiger partial charge on any atom is -0.338 e. The van der Waals surface area contributed by atoms with Gasteiger partial charge in [-0.15, -0.1) is 0 Å². The number of aromatic nitrogens is 2. The first kappa shape index (κ1) is 14.6. The highest BCUT2D eigenvalue weighted by molar-refractivity contribution is 5.21. The largest absolute Gasteiger partial charge is 0.338 e. The van der Waals surface area contributed by atoms with E-state index >= 15 is 0 Å². The Bertz CT molecular complexity index is 571. The Labute approximate surface area is 116 Å². The van der Waals surface area contributed by atoms with Gasteiger partial charge in [0.15, 0.2) is 5.82 Å². The fourth-order valence-corrected chi connectivity index (χ4v) is 1.87. The van der Waals surface area contributed by atoms with Crippen molar-refractivity contribution >= 4 is 0 Å². The molecule has 1 unspecified atom stereocenters. The second-order valence-corrected chi connectivity index (χ2v) is 4.71. The summed E-state index contributed by atoms with van der Waals surface area (Å²) in [5.41, 5.74) is 6.24. The van der Waals surface area contributed by atoms with E-state index in [1.54, 1.807) is 0 Å². The maximum atomic E-state index is 13.5. The Morgan fingerprint density at radius 2 is 2.15 bits per heavy atom. The summed E-state index contributed by atoms with van der Waals surface area (Å²) in [7, 11) is 0. The molecule has 1 aromatic carbocycles. The van der Waals surface area contributed by atoms with E-state index in [0.717, 1.165) is 25.3 Å². The summed E-state index contributed by atoms with van der Waals surface area (Å²) < 4.78 is 31.4. The molecule has 0 saturated heterocycles. The van der Waals surface area contributed by atoms with E-state index in [4.69, 9.17) is 10.3 Å². The van der Waals surface area contributed by atoms with Crippen molar-refractivity contribution in [1.82, 2.24) is 10.1 Å². The Morgan fingerprint density at radius 3 is 2.85 bits per heavy atom. The van der Waals surface area contributed by atoms with E-state index in [0.29, 0.717) is 17.3 Å². The lowest BCUT2D eigenvalue weighted by molar-refractivity contribution is 0.343. The number of nitrogens with two attached hydrogens (primary N) is 1. The van der Waals surface area contributed by atoms with Crippen LogP contribution in [0.3, 0.4) is 0 Å². The molecule has 0 fully saturated rings. The summed E-state index contributed by atoms with van der Waals surface area (Å²) in [5.74, 6) is -0.526. The molecule has 0 amide bonds. The quantitative estimate of drug-likeness (QED) is 0.883. The van der Waals surface area contributed by atoms with Gasteiger partial charge in [-0.2, -0.15) is 4.98 Å². The lowest BCUT2D eigenvalue weighted by Gasteiger charge is -2.03. The maximum absolute atomic E-state index is 13.5. The van der Waals surface area contributed by atoms with E-state index < -0.39 is 11.6 Å². The molecule has 0 saturated carbocycles. The van der Waals surface area contributed by atoms with Crippen molar-refractivity contribution in [2.24, 2.45) is 5.73 Å². The zero-order valence-corrected chi connectivity index (χ0v) is 11.3. The smallest absolute Gasteiger partial charge is 0.243 e. The lowest BCUT2D eigenvalue weighted by Crippen LogP contribution is -2.10. The molecule has 20 heavy (non-hydrogen) atoms. The van der Waals surface area contributed by atoms with Gasteiger partial charge in [-0.3, -0.25) is 0 Å².